The van der Waals surface area contributed by atoms with E-state index in [0.717, 1.165) is 18.7 Å². The normalized spacial score (nSPS) is 17.1. The number of halogens is 1. The smallest absolute Gasteiger partial charge is 0.295 e. The molecule has 1 saturated heterocycles. The molecule has 0 aromatic heterocycles. The average molecular weight is 517 g/mol. The van der Waals surface area contributed by atoms with E-state index in [-0.39, 0.29) is 27.7 Å². The molecule has 0 bridgehead atoms. The number of Topliss-reactive ketones (excluding diaryl/α,β-unsaturated/α-hetero) is 1. The Kier molecular flexibility index (Phi) is 8.87. The SMILES string of the molecule is CCN(CC)CCN1C(=O)C(=O)/C(=C(/O)c2cc(C)cc(Cl)c2OC)C1c1ccc(OC)c(OC)c1. The molecule has 8 nitrogen and oxygen atoms in total. The van der Waals surface area contributed by atoms with Crippen LogP contribution in [0.1, 0.15) is 36.6 Å². The van der Waals surface area contributed by atoms with Gasteiger partial charge in [-0.1, -0.05) is 31.5 Å². The molecular weight excluding hydrogens is 484 g/mol. The number of rotatable bonds is 10. The van der Waals surface area contributed by atoms with Gasteiger partial charge in [0.2, 0.25) is 0 Å². The van der Waals surface area contributed by atoms with Gasteiger partial charge in [0.15, 0.2) is 11.5 Å². The van der Waals surface area contributed by atoms with Crippen LogP contribution in [0, 0.1) is 6.92 Å². The van der Waals surface area contributed by atoms with Crippen LogP contribution >= 0.6 is 11.6 Å². The van der Waals surface area contributed by atoms with Gasteiger partial charge in [0.25, 0.3) is 11.7 Å². The lowest BCUT2D eigenvalue weighted by atomic mass is 9.94. The van der Waals surface area contributed by atoms with Crippen LogP contribution in [0.25, 0.3) is 5.76 Å². The minimum atomic E-state index is -0.843. The number of nitrogens with zero attached hydrogens (tertiary/aromatic N) is 2. The third-order valence-corrected chi connectivity index (χ3v) is 6.74. The Morgan fingerprint density at radius 2 is 1.69 bits per heavy atom. The zero-order chi connectivity index (χ0) is 26.6. The lowest BCUT2D eigenvalue weighted by Gasteiger charge is -2.28. The summed E-state index contributed by atoms with van der Waals surface area (Å²) in [5.41, 5.74) is 1.58. The van der Waals surface area contributed by atoms with E-state index < -0.39 is 17.7 Å². The fourth-order valence-electron chi connectivity index (χ4n) is 4.53. The molecule has 194 valence electrons. The van der Waals surface area contributed by atoms with Crippen molar-refractivity contribution in [3.05, 3.63) is 57.6 Å². The van der Waals surface area contributed by atoms with Gasteiger partial charge in [0.05, 0.1) is 43.5 Å². The number of methoxy groups -OCH3 is 3. The Balaban J connectivity index is 2.24. The fraction of sp³-hybridized carbons (Fsp3) is 0.407. The topological polar surface area (TPSA) is 88.5 Å². The molecule has 1 unspecified atom stereocenters. The Morgan fingerprint density at radius 1 is 1.03 bits per heavy atom. The summed E-state index contributed by atoms with van der Waals surface area (Å²) >= 11 is 6.37. The maximum atomic E-state index is 13.4. The van der Waals surface area contributed by atoms with Crippen molar-refractivity contribution in [3.8, 4) is 17.2 Å². The molecule has 36 heavy (non-hydrogen) atoms. The molecule has 0 saturated carbocycles. The molecule has 1 amide bonds. The molecule has 9 heteroatoms. The van der Waals surface area contributed by atoms with Gasteiger partial charge in [-0.2, -0.15) is 0 Å². The zero-order valence-electron chi connectivity index (χ0n) is 21.6. The van der Waals surface area contributed by atoms with Crippen LogP contribution in [-0.2, 0) is 9.59 Å². The molecule has 1 aliphatic rings. The molecule has 2 aromatic rings. The van der Waals surface area contributed by atoms with E-state index in [1.165, 1.54) is 26.2 Å². The summed E-state index contributed by atoms with van der Waals surface area (Å²) in [6.07, 6.45) is 0. The van der Waals surface area contributed by atoms with Crippen LogP contribution in [0.3, 0.4) is 0 Å². The van der Waals surface area contributed by atoms with Gasteiger partial charge < -0.3 is 29.1 Å². The molecule has 1 N–H and O–H groups in total. The summed E-state index contributed by atoms with van der Waals surface area (Å²) in [7, 11) is 4.47. The predicted molar refractivity (Wildman–Crippen MR) is 139 cm³/mol. The number of aliphatic hydroxyl groups excluding tert-OH is 1. The van der Waals surface area contributed by atoms with E-state index in [0.29, 0.717) is 30.2 Å². The number of amides is 1. The molecule has 0 radical (unpaired) electrons. The summed E-state index contributed by atoms with van der Waals surface area (Å²) in [5.74, 6) is -0.622. The van der Waals surface area contributed by atoms with Gasteiger partial charge in [-0.25, -0.2) is 0 Å². The van der Waals surface area contributed by atoms with Gasteiger partial charge in [-0.3, -0.25) is 9.59 Å². The van der Waals surface area contributed by atoms with Crippen LogP contribution in [0.2, 0.25) is 5.02 Å². The van der Waals surface area contributed by atoms with Gasteiger partial charge in [-0.05, 0) is 55.4 Å². The summed E-state index contributed by atoms with van der Waals surface area (Å²) < 4.78 is 16.3. The van der Waals surface area contributed by atoms with Crippen molar-refractivity contribution in [2.24, 2.45) is 0 Å². The van der Waals surface area contributed by atoms with Crippen molar-refractivity contribution in [2.45, 2.75) is 26.8 Å². The van der Waals surface area contributed by atoms with Crippen molar-refractivity contribution in [1.82, 2.24) is 9.80 Å². The van der Waals surface area contributed by atoms with Crippen LogP contribution in [0.4, 0.5) is 0 Å². The number of ketones is 1. The molecule has 0 aliphatic carbocycles. The van der Waals surface area contributed by atoms with E-state index >= 15 is 0 Å². The summed E-state index contributed by atoms with van der Waals surface area (Å²) in [5, 5.41) is 11.8. The number of carbonyl (C=O) groups is 2. The van der Waals surface area contributed by atoms with Crippen molar-refractivity contribution in [1.29, 1.82) is 0 Å². The molecule has 1 heterocycles. The standard InChI is InChI=1S/C27H33ClN2O6/c1-7-29(8-2)11-12-30-23(17-9-10-20(34-4)21(15-17)35-5)22(25(32)27(30)33)24(31)18-13-16(3)14-19(28)26(18)36-6/h9-10,13-15,23,31H,7-8,11-12H2,1-6H3/b24-22+. The van der Waals surface area contributed by atoms with E-state index in [2.05, 4.69) is 4.90 Å². The Morgan fingerprint density at radius 3 is 2.28 bits per heavy atom. The third kappa shape index (κ3) is 5.15. The highest BCUT2D eigenvalue weighted by atomic mass is 35.5. The lowest BCUT2D eigenvalue weighted by Crippen LogP contribution is -2.38. The number of carbonyl (C=O) groups excluding carboxylic acids is 2. The first-order valence-corrected chi connectivity index (χ1v) is 12.2. The molecule has 2 aromatic carbocycles. The maximum absolute atomic E-state index is 13.4. The first-order chi connectivity index (χ1) is 17.2. The highest BCUT2D eigenvalue weighted by molar-refractivity contribution is 6.46. The summed E-state index contributed by atoms with van der Waals surface area (Å²) in [6.45, 7) is 8.38. The number of hydrogen-bond acceptors (Lipinski definition) is 7. The fourth-order valence-corrected chi connectivity index (χ4v) is 4.88. The second-order valence-corrected chi connectivity index (χ2v) is 8.87. The average Bonchev–Trinajstić information content (AvgIpc) is 3.13. The number of ether oxygens (including phenoxy) is 3. The highest BCUT2D eigenvalue weighted by Crippen LogP contribution is 2.44. The van der Waals surface area contributed by atoms with Crippen molar-refractivity contribution in [3.63, 3.8) is 0 Å². The van der Waals surface area contributed by atoms with Crippen LogP contribution in [0.15, 0.2) is 35.9 Å². The summed E-state index contributed by atoms with van der Waals surface area (Å²) in [6, 6.07) is 7.72. The second kappa shape index (κ2) is 11.7. The Bertz CT molecular complexity index is 1180. The summed E-state index contributed by atoms with van der Waals surface area (Å²) in [4.78, 5) is 30.3. The van der Waals surface area contributed by atoms with Gasteiger partial charge in [0.1, 0.15) is 11.5 Å². The molecule has 3 rings (SSSR count). The third-order valence-electron chi connectivity index (χ3n) is 6.46. The second-order valence-electron chi connectivity index (χ2n) is 8.46. The largest absolute Gasteiger partial charge is 0.507 e. The monoisotopic (exact) mass is 516 g/mol. The number of hydrogen-bond donors (Lipinski definition) is 1. The number of likely N-dealkylation sites (N-methyl/N-ethyl adjacent to an activating group) is 1. The van der Waals surface area contributed by atoms with E-state index in [4.69, 9.17) is 25.8 Å². The van der Waals surface area contributed by atoms with Gasteiger partial charge in [0, 0.05) is 13.1 Å². The number of likely N-dealkylation sites (tertiary alicyclic amines) is 1. The molecule has 1 atom stereocenters. The molecule has 1 aliphatic heterocycles. The van der Waals surface area contributed by atoms with Crippen molar-refractivity contribution < 1.29 is 28.9 Å². The number of aliphatic hydroxyl groups is 1. The number of aryl methyl sites for hydroxylation is 1. The number of benzene rings is 2. The molecule has 0 spiro atoms. The quantitative estimate of drug-likeness (QED) is 0.284. The first kappa shape index (κ1) is 27.4. The minimum Gasteiger partial charge on any atom is -0.507 e. The van der Waals surface area contributed by atoms with E-state index in [1.807, 2.05) is 20.8 Å². The predicted octanol–water partition coefficient (Wildman–Crippen LogP) is 4.44. The minimum absolute atomic E-state index is 0.0354. The van der Waals surface area contributed by atoms with Gasteiger partial charge in [-0.15, -0.1) is 0 Å². The van der Waals surface area contributed by atoms with Gasteiger partial charge >= 0.3 is 0 Å². The lowest BCUT2D eigenvalue weighted by molar-refractivity contribution is -0.140. The zero-order valence-corrected chi connectivity index (χ0v) is 22.3. The van der Waals surface area contributed by atoms with Crippen LogP contribution in [-0.4, -0.2) is 74.1 Å². The van der Waals surface area contributed by atoms with E-state index in [9.17, 15) is 14.7 Å². The van der Waals surface area contributed by atoms with Crippen LogP contribution < -0.4 is 14.2 Å². The molecular formula is C27H33ClN2O6. The highest BCUT2D eigenvalue weighted by Gasteiger charge is 2.46. The van der Waals surface area contributed by atoms with E-state index in [1.54, 1.807) is 30.3 Å². The maximum Gasteiger partial charge on any atom is 0.295 e. The van der Waals surface area contributed by atoms with Crippen molar-refractivity contribution in [2.75, 3.05) is 47.5 Å². The molecule has 1 fully saturated rings. The Labute approximate surface area is 217 Å². The van der Waals surface area contributed by atoms with Crippen molar-refractivity contribution >= 4 is 29.1 Å². The Hall–Kier alpha value is -3.23. The van der Waals surface area contributed by atoms with Crippen LogP contribution in [0.5, 0.6) is 17.2 Å². The first-order valence-electron chi connectivity index (χ1n) is 11.8.